The van der Waals surface area contributed by atoms with Crippen LogP contribution in [0.3, 0.4) is 0 Å². The smallest absolute Gasteiger partial charge is 0.335 e. The summed E-state index contributed by atoms with van der Waals surface area (Å²) >= 11 is 1.77. The van der Waals surface area contributed by atoms with Crippen molar-refractivity contribution in [2.24, 2.45) is 0 Å². The summed E-state index contributed by atoms with van der Waals surface area (Å²) in [5.41, 5.74) is 0.633. The molecule has 4 nitrogen and oxygen atoms in total. The van der Waals surface area contributed by atoms with Gasteiger partial charge in [0.25, 0.3) is 0 Å². The van der Waals surface area contributed by atoms with Crippen LogP contribution in [0, 0.1) is 0 Å². The minimum absolute atomic E-state index is 0.0428. The second-order valence-corrected chi connectivity index (χ2v) is 9.18. The third-order valence-electron chi connectivity index (χ3n) is 3.51. The second-order valence-electron chi connectivity index (χ2n) is 7.37. The standard InChI is InChI=1S/C19H28O4S/c1-18(2,3)23-12-11-19(4,5)24-13-10-16(20)14-6-8-15(9-7-14)17(21)22/h6-9H,10-13H2,1-5H3,(H,21,22). The van der Waals surface area contributed by atoms with Gasteiger partial charge in [-0.2, -0.15) is 11.8 Å². The SMILES string of the molecule is CC(C)(C)OCCC(C)(C)SCCC(=O)c1ccc(C(=O)O)cc1. The van der Waals surface area contributed by atoms with Crippen molar-refractivity contribution in [2.45, 2.75) is 57.8 Å². The van der Waals surface area contributed by atoms with E-state index in [1.165, 1.54) is 12.1 Å². The first kappa shape index (κ1) is 20.7. The van der Waals surface area contributed by atoms with Crippen molar-refractivity contribution in [3.05, 3.63) is 35.4 Å². The maximum atomic E-state index is 12.2. The Morgan fingerprint density at radius 3 is 2.08 bits per heavy atom. The Balaban J connectivity index is 2.39. The van der Waals surface area contributed by atoms with E-state index < -0.39 is 5.97 Å². The molecule has 0 spiro atoms. The number of carboxylic acid groups (broad SMARTS) is 1. The number of ketones is 1. The van der Waals surface area contributed by atoms with Crippen LogP contribution in [-0.4, -0.2) is 39.6 Å². The normalized spacial score (nSPS) is 12.2. The van der Waals surface area contributed by atoms with Crippen molar-refractivity contribution in [1.29, 1.82) is 0 Å². The molecule has 0 aliphatic carbocycles. The number of carboxylic acids is 1. The highest BCUT2D eigenvalue weighted by Gasteiger charge is 2.20. The van der Waals surface area contributed by atoms with Gasteiger partial charge in [0.2, 0.25) is 0 Å². The van der Waals surface area contributed by atoms with E-state index in [4.69, 9.17) is 9.84 Å². The number of aromatic carboxylic acids is 1. The molecular formula is C19H28O4S. The van der Waals surface area contributed by atoms with Crippen molar-refractivity contribution in [3.8, 4) is 0 Å². The van der Waals surface area contributed by atoms with E-state index in [0.29, 0.717) is 18.6 Å². The van der Waals surface area contributed by atoms with E-state index >= 15 is 0 Å². The zero-order valence-corrected chi connectivity index (χ0v) is 16.0. The number of benzene rings is 1. The summed E-state index contributed by atoms with van der Waals surface area (Å²) < 4.78 is 5.82. The molecule has 0 atom stereocenters. The fourth-order valence-electron chi connectivity index (χ4n) is 2.04. The molecule has 0 saturated heterocycles. The number of carbonyl (C=O) groups is 2. The highest BCUT2D eigenvalue weighted by molar-refractivity contribution is 8.00. The van der Waals surface area contributed by atoms with E-state index in [9.17, 15) is 9.59 Å². The van der Waals surface area contributed by atoms with E-state index in [-0.39, 0.29) is 21.7 Å². The van der Waals surface area contributed by atoms with Gasteiger partial charge < -0.3 is 9.84 Å². The minimum atomic E-state index is -0.983. The van der Waals surface area contributed by atoms with Crippen molar-refractivity contribution in [2.75, 3.05) is 12.4 Å². The van der Waals surface area contributed by atoms with Crippen LogP contribution in [0.5, 0.6) is 0 Å². The minimum Gasteiger partial charge on any atom is -0.478 e. The average molecular weight is 352 g/mol. The predicted octanol–water partition coefficient (Wildman–Crippen LogP) is 4.67. The van der Waals surface area contributed by atoms with Crippen LogP contribution in [0.15, 0.2) is 24.3 Å². The molecule has 0 fully saturated rings. The lowest BCUT2D eigenvalue weighted by Crippen LogP contribution is -2.25. The molecule has 134 valence electrons. The Morgan fingerprint density at radius 2 is 1.58 bits per heavy atom. The Hall–Kier alpha value is -1.33. The lowest BCUT2D eigenvalue weighted by atomic mass is 10.1. The molecule has 1 N–H and O–H groups in total. The molecule has 0 saturated carbocycles. The van der Waals surface area contributed by atoms with Gasteiger partial charge in [0.15, 0.2) is 5.78 Å². The van der Waals surface area contributed by atoms with E-state index in [1.54, 1.807) is 23.9 Å². The van der Waals surface area contributed by atoms with Gasteiger partial charge in [0.1, 0.15) is 0 Å². The fraction of sp³-hybridized carbons (Fsp3) is 0.579. The molecule has 1 aromatic carbocycles. The topological polar surface area (TPSA) is 63.6 Å². The largest absolute Gasteiger partial charge is 0.478 e. The molecular weight excluding hydrogens is 324 g/mol. The molecule has 0 heterocycles. The molecule has 0 amide bonds. The number of rotatable bonds is 9. The first-order valence-corrected chi connectivity index (χ1v) is 9.13. The number of ether oxygens (including phenoxy) is 1. The van der Waals surface area contributed by atoms with Gasteiger partial charge in [-0.3, -0.25) is 4.79 Å². The van der Waals surface area contributed by atoms with Crippen molar-refractivity contribution >= 4 is 23.5 Å². The first-order valence-electron chi connectivity index (χ1n) is 8.15. The third-order valence-corrected chi connectivity index (χ3v) is 4.91. The lowest BCUT2D eigenvalue weighted by Gasteiger charge is -2.27. The number of Topliss-reactive ketones (excluding diaryl/α,β-unsaturated/α-hetero) is 1. The molecule has 0 aliphatic rings. The number of hydrogen-bond donors (Lipinski definition) is 1. The summed E-state index contributed by atoms with van der Waals surface area (Å²) in [4.78, 5) is 23.0. The van der Waals surface area contributed by atoms with Crippen LogP contribution in [-0.2, 0) is 4.74 Å². The van der Waals surface area contributed by atoms with Gasteiger partial charge >= 0.3 is 5.97 Å². The Bertz CT molecular complexity index is 556. The maximum Gasteiger partial charge on any atom is 0.335 e. The van der Waals surface area contributed by atoms with Gasteiger partial charge in [-0.1, -0.05) is 26.0 Å². The summed E-state index contributed by atoms with van der Waals surface area (Å²) in [5, 5.41) is 8.87. The molecule has 0 bridgehead atoms. The van der Waals surface area contributed by atoms with Gasteiger partial charge in [-0.15, -0.1) is 0 Å². The summed E-state index contributed by atoms with van der Waals surface area (Å²) in [7, 11) is 0. The van der Waals surface area contributed by atoms with Crippen LogP contribution in [0.2, 0.25) is 0 Å². The molecule has 5 heteroatoms. The van der Waals surface area contributed by atoms with Crippen LogP contribution in [0.25, 0.3) is 0 Å². The zero-order valence-electron chi connectivity index (χ0n) is 15.2. The zero-order chi connectivity index (χ0) is 18.4. The summed E-state index contributed by atoms with van der Waals surface area (Å²) in [6.45, 7) is 11.2. The van der Waals surface area contributed by atoms with E-state index in [2.05, 4.69) is 13.8 Å². The second kappa shape index (κ2) is 8.67. The van der Waals surface area contributed by atoms with Crippen LogP contribution in [0.1, 0.15) is 68.2 Å². The Kier molecular flexibility index (Phi) is 7.49. The number of hydrogen-bond acceptors (Lipinski definition) is 4. The van der Waals surface area contributed by atoms with Gasteiger partial charge in [0.05, 0.1) is 11.2 Å². The fourth-order valence-corrected chi connectivity index (χ4v) is 3.11. The van der Waals surface area contributed by atoms with Crippen molar-refractivity contribution in [1.82, 2.24) is 0 Å². The molecule has 0 aromatic heterocycles. The van der Waals surface area contributed by atoms with Crippen LogP contribution >= 0.6 is 11.8 Å². The summed E-state index contributed by atoms with van der Waals surface area (Å²) in [6.07, 6.45) is 1.37. The summed E-state index contributed by atoms with van der Waals surface area (Å²) in [5.74, 6) is -0.202. The van der Waals surface area contributed by atoms with E-state index in [0.717, 1.165) is 12.2 Å². The average Bonchev–Trinajstić information content (AvgIpc) is 2.45. The van der Waals surface area contributed by atoms with Crippen molar-refractivity contribution in [3.63, 3.8) is 0 Å². The number of carbonyl (C=O) groups excluding carboxylic acids is 1. The van der Waals surface area contributed by atoms with E-state index in [1.807, 2.05) is 20.8 Å². The van der Waals surface area contributed by atoms with Gasteiger partial charge in [0, 0.05) is 29.1 Å². The number of thioether (sulfide) groups is 1. The molecule has 0 radical (unpaired) electrons. The third kappa shape index (κ3) is 7.97. The summed E-state index contributed by atoms with van der Waals surface area (Å²) in [6, 6.07) is 6.10. The lowest BCUT2D eigenvalue weighted by molar-refractivity contribution is -0.00623. The molecule has 1 rings (SSSR count). The quantitative estimate of drug-likeness (QED) is 0.654. The molecule has 24 heavy (non-hydrogen) atoms. The van der Waals surface area contributed by atoms with Crippen LogP contribution < -0.4 is 0 Å². The predicted molar refractivity (Wildman–Crippen MR) is 99.2 cm³/mol. The highest BCUT2D eigenvalue weighted by Crippen LogP contribution is 2.29. The molecule has 1 aromatic rings. The van der Waals surface area contributed by atoms with Gasteiger partial charge in [-0.25, -0.2) is 4.79 Å². The highest BCUT2D eigenvalue weighted by atomic mass is 32.2. The Morgan fingerprint density at radius 1 is 1.04 bits per heavy atom. The van der Waals surface area contributed by atoms with Crippen molar-refractivity contribution < 1.29 is 19.4 Å². The first-order chi connectivity index (χ1) is 11.0. The molecule has 0 aliphatic heterocycles. The molecule has 0 unspecified atom stereocenters. The maximum absolute atomic E-state index is 12.2. The van der Waals surface area contributed by atoms with Gasteiger partial charge in [-0.05, 0) is 39.3 Å². The Labute approximate surface area is 149 Å². The monoisotopic (exact) mass is 352 g/mol. The van der Waals surface area contributed by atoms with Crippen LogP contribution in [0.4, 0.5) is 0 Å².